The van der Waals surface area contributed by atoms with Gasteiger partial charge in [0, 0.05) is 65.0 Å². The predicted octanol–water partition coefficient (Wildman–Crippen LogP) is 23.0. The number of nitrogens with zero attached hydrogens (tertiary/aromatic N) is 18. The Kier molecular flexibility index (Phi) is 27.7. The molecule has 142 heavy (non-hydrogen) atoms. The number of imidazole rings is 4. The van der Waals surface area contributed by atoms with Crippen LogP contribution in [0.2, 0.25) is 5.02 Å². The van der Waals surface area contributed by atoms with Gasteiger partial charge in [-0.1, -0.05) is 206 Å². The number of nitrogens with one attached hydrogen (secondary N) is 8. The number of anilines is 8. The van der Waals surface area contributed by atoms with Crippen molar-refractivity contribution in [3.63, 3.8) is 0 Å². The smallest absolute Gasteiger partial charge is 0.419 e. The maximum Gasteiger partial charge on any atom is 0.419 e. The zero-order valence-corrected chi connectivity index (χ0v) is 78.8. The van der Waals surface area contributed by atoms with E-state index < -0.39 is 29.8 Å². The van der Waals surface area contributed by atoms with Crippen LogP contribution in [0.25, 0.3) is 90.4 Å². The van der Waals surface area contributed by atoms with Gasteiger partial charge in [-0.3, -0.25) is 70.1 Å². The zero-order valence-electron chi connectivity index (χ0n) is 78.0. The maximum atomic E-state index is 13.8. The molecule has 0 unspecified atom stereocenters. The van der Waals surface area contributed by atoms with E-state index in [0.29, 0.717) is 134 Å². The van der Waals surface area contributed by atoms with Crippen LogP contribution in [0.1, 0.15) is 72.1 Å². The molecule has 1 aliphatic carbocycles. The molecule has 8 N–H and O–H groups in total. The van der Waals surface area contributed by atoms with Gasteiger partial charge in [0.2, 0.25) is 17.6 Å². The van der Waals surface area contributed by atoms with E-state index in [0.717, 1.165) is 92.9 Å². The summed E-state index contributed by atoms with van der Waals surface area (Å²) in [5.74, 6) is 5.08. The van der Waals surface area contributed by atoms with Crippen LogP contribution in [0.4, 0.5) is 78.9 Å². The standard InChI is InChI=1S/C27H23F3N6O2.C26H23ClN6O2.C26H25N7O2.C26H23N7O/c1-3-38-25-17(2)22(36(34-25)19-13-8-5-9-14-19)32-26(37)33-24-21(18-11-6-4-7-12-18)31-23-20(27(28,29)30)15-10-16-35(23)24;1-3-35-25-17(2)22(33(31-25)19-13-8-5-9-14-19)29-26(34)30-24-21(18-11-6-4-7-12-18)28-23-20(27)15-10-16-32(23)24;1-4-35-25-17(2)22(33(31-25)20-13-9-6-10-14-20)29-26(34)30-24-21(19-11-7-5-8-12-19)28-23-18(3)27-15-16-32(23)24;1-17-23-28-22(18-9-4-2-5-10-18)25(32(23)16-15-27-17)30-26(34)29-24-20-13-8-14-21(20)31-33(24)19-11-6-3-7-12-19/h4-16H,3H2,1-2H3,(H2,32,33,37);4-16H,3H2,1-2H3,(H2,29,30,34);5-16H,4H2,1-3H3,(H2,29,30,34);2-7,9-12,15-16H,8,13-14H2,1H3,(H2,29,30,34). The molecule has 37 heteroatoms. The van der Waals surface area contributed by atoms with Crippen molar-refractivity contribution in [1.29, 1.82) is 0 Å². The van der Waals surface area contributed by atoms with E-state index in [9.17, 15) is 32.3 Å². The molecule has 1 aliphatic rings. The molecule has 0 fully saturated rings. The minimum atomic E-state index is -4.63. The largest absolute Gasteiger partial charge is 0.477 e. The van der Waals surface area contributed by atoms with E-state index in [1.165, 1.54) is 21.3 Å². The summed E-state index contributed by atoms with van der Waals surface area (Å²) in [5, 5.41) is 42.4. The molecule has 20 aromatic rings. The second kappa shape index (κ2) is 41.8. The lowest BCUT2D eigenvalue weighted by molar-refractivity contribution is -0.136. The Balaban J connectivity index is 0.000000125. The molecule has 0 saturated carbocycles. The van der Waals surface area contributed by atoms with Crippen LogP contribution in [0, 0.1) is 34.6 Å². The number of amides is 8. The second-order valence-electron chi connectivity index (χ2n) is 32.3. The fourth-order valence-corrected chi connectivity index (χ4v) is 16.6. The Morgan fingerprint density at radius 3 is 0.944 bits per heavy atom. The van der Waals surface area contributed by atoms with Crippen LogP contribution in [0.5, 0.6) is 17.6 Å². The van der Waals surface area contributed by atoms with Gasteiger partial charge in [-0.15, -0.1) is 15.3 Å². The molecule has 8 amide bonds. The molecule has 0 saturated heterocycles. The minimum Gasteiger partial charge on any atom is -0.477 e. The van der Waals surface area contributed by atoms with Crippen molar-refractivity contribution in [1.82, 2.24) is 86.6 Å². The van der Waals surface area contributed by atoms with E-state index in [1.54, 1.807) is 81.7 Å². The number of alkyl halides is 3. The Morgan fingerprint density at radius 2 is 0.613 bits per heavy atom. The summed E-state index contributed by atoms with van der Waals surface area (Å²) in [6.07, 6.45) is 8.45. The molecule has 0 bridgehead atoms. The van der Waals surface area contributed by atoms with Crippen molar-refractivity contribution in [3.8, 4) is 85.4 Å². The number of hydrogen-bond donors (Lipinski definition) is 8. The average molecular weight is 1920 g/mol. The number of aromatic nitrogens is 18. The number of hydrogen-bond acceptors (Lipinski definition) is 17. The number of fused-ring (bicyclic) bond motifs is 5. The summed E-state index contributed by atoms with van der Waals surface area (Å²) in [7, 11) is 0. The highest BCUT2D eigenvalue weighted by Crippen LogP contribution is 2.41. The number of halogens is 4. The lowest BCUT2D eigenvalue weighted by Crippen LogP contribution is -2.23. The summed E-state index contributed by atoms with van der Waals surface area (Å²) >= 11 is 6.40. The molecular formula is C105H94ClF3N26O7. The number of carbonyl (C=O) groups excluding carboxylic acids is 4. The zero-order chi connectivity index (χ0) is 98.7. The molecule has 0 spiro atoms. The van der Waals surface area contributed by atoms with Crippen LogP contribution in [0.3, 0.4) is 0 Å². The van der Waals surface area contributed by atoms with Crippen molar-refractivity contribution in [3.05, 3.63) is 354 Å². The van der Waals surface area contributed by atoms with Gasteiger partial charge in [-0.2, -0.15) is 18.3 Å². The molecule has 8 aromatic carbocycles. The van der Waals surface area contributed by atoms with Gasteiger partial charge >= 0.3 is 30.3 Å². The van der Waals surface area contributed by atoms with Gasteiger partial charge in [0.1, 0.15) is 69.3 Å². The van der Waals surface area contributed by atoms with Crippen LogP contribution < -0.4 is 56.7 Å². The first-order valence-electron chi connectivity index (χ1n) is 45.5. The fourth-order valence-electron chi connectivity index (χ4n) is 16.4. The Bertz CT molecular complexity index is 7720. The number of pyridine rings is 2. The molecule has 0 aliphatic heterocycles. The van der Waals surface area contributed by atoms with Gasteiger partial charge in [-0.05, 0) is 147 Å². The lowest BCUT2D eigenvalue weighted by atomic mass is 10.1. The van der Waals surface area contributed by atoms with E-state index in [-0.39, 0.29) is 23.2 Å². The van der Waals surface area contributed by atoms with Crippen molar-refractivity contribution >= 4 is 105 Å². The summed E-state index contributed by atoms with van der Waals surface area (Å²) in [4.78, 5) is 80.6. The number of ether oxygens (including phenoxy) is 3. The Hall–Kier alpha value is -18.2. The third-order valence-electron chi connectivity index (χ3n) is 23.0. The Morgan fingerprint density at radius 1 is 0.331 bits per heavy atom. The van der Waals surface area contributed by atoms with Gasteiger partial charge < -0.3 is 14.2 Å². The number of aryl methyl sites for hydroxylation is 3. The maximum absolute atomic E-state index is 13.8. The van der Waals surface area contributed by atoms with Gasteiger partial charge in [0.15, 0.2) is 22.6 Å². The van der Waals surface area contributed by atoms with Crippen molar-refractivity contribution < 1.29 is 46.6 Å². The molecule has 0 atom stereocenters. The van der Waals surface area contributed by atoms with Crippen molar-refractivity contribution in [2.24, 2.45) is 0 Å². The van der Waals surface area contributed by atoms with Crippen molar-refractivity contribution in [2.75, 3.05) is 62.4 Å². The van der Waals surface area contributed by atoms with Crippen LogP contribution in [-0.2, 0) is 19.0 Å². The molecule has 21 rings (SSSR count). The molecule has 12 heterocycles. The Labute approximate surface area is 816 Å². The van der Waals surface area contributed by atoms with E-state index in [2.05, 4.69) is 72.8 Å². The second-order valence-corrected chi connectivity index (χ2v) is 32.8. The molecule has 12 aromatic heterocycles. The monoisotopic (exact) mass is 1920 g/mol. The predicted molar refractivity (Wildman–Crippen MR) is 542 cm³/mol. The average Bonchev–Trinajstić information content (AvgIpc) is 1.62. The van der Waals surface area contributed by atoms with Crippen LogP contribution in [0.15, 0.2) is 304 Å². The summed E-state index contributed by atoms with van der Waals surface area (Å²) in [5.41, 5.74) is 14.9. The van der Waals surface area contributed by atoms with Crippen molar-refractivity contribution in [2.45, 2.75) is 80.8 Å². The fraction of sp³-hybridized carbons (Fsp3) is 0.143. The quantitative estimate of drug-likeness (QED) is 0.0312. The summed E-state index contributed by atoms with van der Waals surface area (Å²) in [6.45, 7) is 16.2. The van der Waals surface area contributed by atoms with E-state index >= 15 is 0 Å². The SMILES string of the molecule is CCOc1nn(-c2ccccc2)c(NC(=O)Nc2c(-c3ccccc3)nc3c(C(F)(F)F)cccn23)c1C.CCOc1nn(-c2ccccc2)c(NC(=O)Nc2c(-c3ccccc3)nc3c(C)nccn23)c1C.CCOc1nn(-c2ccccc2)c(NC(=O)Nc2c(-c3ccccc3)nc3c(Cl)cccn23)c1C.Cc1nccn2c(NC(=O)Nc3c4c(nn3-c3ccccc3)CCC4)c(-c3ccccc3)nc12. The van der Waals surface area contributed by atoms with Crippen LogP contribution >= 0.6 is 11.6 Å². The first-order valence-corrected chi connectivity index (χ1v) is 45.9. The number of benzene rings is 8. The number of carbonyl (C=O) groups is 4. The van der Waals surface area contributed by atoms with Gasteiger partial charge in [-0.25, -0.2) is 57.8 Å². The highest BCUT2D eigenvalue weighted by Gasteiger charge is 2.36. The highest BCUT2D eigenvalue weighted by atomic mass is 35.5. The minimum absolute atomic E-state index is 0.0864. The number of para-hydroxylation sites is 4. The molecule has 0 radical (unpaired) electrons. The molecular weight excluding hydrogens is 1830 g/mol. The van der Waals surface area contributed by atoms with E-state index in [1.807, 2.05) is 287 Å². The summed E-state index contributed by atoms with van der Waals surface area (Å²) in [6, 6.07) is 79.9. The first-order chi connectivity index (χ1) is 69.1. The molecule has 714 valence electrons. The van der Waals surface area contributed by atoms with E-state index in [4.69, 9.17) is 45.9 Å². The third kappa shape index (κ3) is 19.9. The third-order valence-corrected chi connectivity index (χ3v) is 23.3. The van der Waals surface area contributed by atoms with Gasteiger partial charge in [0.25, 0.3) is 0 Å². The first kappa shape index (κ1) is 94.2. The van der Waals surface area contributed by atoms with Gasteiger partial charge in [0.05, 0.1) is 86.9 Å². The summed E-state index contributed by atoms with van der Waals surface area (Å²) < 4.78 is 71.6. The highest BCUT2D eigenvalue weighted by molar-refractivity contribution is 6.33. The normalized spacial score (nSPS) is 11.5. The van der Waals surface area contributed by atoms with Crippen LogP contribution in [-0.4, -0.2) is 131 Å². The molecule has 33 nitrogen and oxygen atoms in total. The number of urea groups is 4. The lowest BCUT2D eigenvalue weighted by Gasteiger charge is -2.13. The topological polar surface area (TPSA) is 358 Å². The number of rotatable bonds is 22.